The van der Waals surface area contributed by atoms with E-state index in [1.807, 2.05) is 12.1 Å². The third kappa shape index (κ3) is 2.32. The van der Waals surface area contributed by atoms with Crippen LogP contribution in [0.4, 0.5) is 0 Å². The van der Waals surface area contributed by atoms with Gasteiger partial charge in [0.2, 0.25) is 0 Å². The van der Waals surface area contributed by atoms with E-state index in [0.717, 1.165) is 25.0 Å². The molecule has 2 unspecified atom stereocenters. The van der Waals surface area contributed by atoms with Gasteiger partial charge in [-0.1, -0.05) is 25.1 Å². The van der Waals surface area contributed by atoms with Crippen molar-refractivity contribution >= 4 is 0 Å². The van der Waals surface area contributed by atoms with Crippen LogP contribution in [0.1, 0.15) is 31.7 Å². The third-order valence-corrected chi connectivity index (χ3v) is 3.14. The largest absolute Gasteiger partial charge is 0.489 e. The summed E-state index contributed by atoms with van der Waals surface area (Å²) in [5.41, 5.74) is 7.27. The van der Waals surface area contributed by atoms with E-state index in [-0.39, 0.29) is 12.1 Å². The first-order valence-electron chi connectivity index (χ1n) is 5.81. The highest BCUT2D eigenvalue weighted by Gasteiger charge is 2.25. The number of para-hydroxylation sites is 1. The first-order valence-corrected chi connectivity index (χ1v) is 5.81. The van der Waals surface area contributed by atoms with Crippen LogP contribution in [0, 0.1) is 0 Å². The fraction of sp³-hybridized carbons (Fsp3) is 0.538. The van der Waals surface area contributed by atoms with Gasteiger partial charge in [-0.2, -0.15) is 0 Å². The summed E-state index contributed by atoms with van der Waals surface area (Å²) in [6, 6.07) is 8.46. The predicted molar refractivity (Wildman–Crippen MR) is 62.1 cm³/mol. The van der Waals surface area contributed by atoms with Gasteiger partial charge in [0.1, 0.15) is 11.9 Å². The smallest absolute Gasteiger partial charge is 0.122 e. The van der Waals surface area contributed by atoms with Gasteiger partial charge in [-0.05, 0) is 37.3 Å². The van der Waals surface area contributed by atoms with Crippen molar-refractivity contribution in [2.45, 2.75) is 44.8 Å². The molecule has 2 nitrogen and oxygen atoms in total. The minimum absolute atomic E-state index is 0.218. The SMILES string of the molecule is CCc1ccccc1OC1CCCC1N. The lowest BCUT2D eigenvalue weighted by molar-refractivity contribution is 0.190. The lowest BCUT2D eigenvalue weighted by Gasteiger charge is -2.19. The normalized spacial score (nSPS) is 25.5. The number of benzene rings is 1. The van der Waals surface area contributed by atoms with Crippen molar-refractivity contribution in [2.75, 3.05) is 0 Å². The Morgan fingerprint density at radius 2 is 2.13 bits per heavy atom. The van der Waals surface area contributed by atoms with Gasteiger partial charge in [0.25, 0.3) is 0 Å². The zero-order valence-corrected chi connectivity index (χ0v) is 9.28. The van der Waals surface area contributed by atoms with Crippen LogP contribution in [-0.4, -0.2) is 12.1 Å². The van der Waals surface area contributed by atoms with Crippen LogP contribution < -0.4 is 10.5 Å². The zero-order valence-electron chi connectivity index (χ0n) is 9.28. The van der Waals surface area contributed by atoms with Gasteiger partial charge in [0.15, 0.2) is 0 Å². The Hall–Kier alpha value is -1.02. The highest BCUT2D eigenvalue weighted by atomic mass is 16.5. The molecule has 1 aromatic carbocycles. The van der Waals surface area contributed by atoms with E-state index in [1.165, 1.54) is 12.0 Å². The Kier molecular flexibility index (Phi) is 3.27. The minimum atomic E-state index is 0.218. The Balaban J connectivity index is 2.09. The van der Waals surface area contributed by atoms with Crippen LogP contribution in [0.15, 0.2) is 24.3 Å². The number of hydrogen-bond donors (Lipinski definition) is 1. The Bertz CT molecular complexity index is 324. The van der Waals surface area contributed by atoms with Crippen molar-refractivity contribution < 1.29 is 4.74 Å². The van der Waals surface area contributed by atoms with Crippen LogP contribution in [0.25, 0.3) is 0 Å². The Labute approximate surface area is 91.4 Å². The summed E-state index contributed by atoms with van der Waals surface area (Å²) >= 11 is 0. The molecule has 1 fully saturated rings. The van der Waals surface area contributed by atoms with Gasteiger partial charge in [-0.3, -0.25) is 0 Å². The molecule has 0 aliphatic heterocycles. The van der Waals surface area contributed by atoms with Crippen molar-refractivity contribution in [3.05, 3.63) is 29.8 Å². The van der Waals surface area contributed by atoms with Gasteiger partial charge < -0.3 is 10.5 Å². The van der Waals surface area contributed by atoms with E-state index in [4.69, 9.17) is 10.5 Å². The van der Waals surface area contributed by atoms with Gasteiger partial charge in [-0.25, -0.2) is 0 Å². The molecule has 1 aliphatic rings. The van der Waals surface area contributed by atoms with E-state index >= 15 is 0 Å². The second kappa shape index (κ2) is 4.67. The number of nitrogens with two attached hydrogens (primary N) is 1. The molecule has 0 saturated heterocycles. The van der Waals surface area contributed by atoms with Crippen LogP contribution in [-0.2, 0) is 6.42 Å². The monoisotopic (exact) mass is 205 g/mol. The molecule has 2 rings (SSSR count). The minimum Gasteiger partial charge on any atom is -0.489 e. The number of aryl methyl sites for hydroxylation is 1. The molecule has 0 amide bonds. The Morgan fingerprint density at radius 1 is 1.33 bits per heavy atom. The maximum atomic E-state index is 5.99. The Morgan fingerprint density at radius 3 is 2.80 bits per heavy atom. The fourth-order valence-corrected chi connectivity index (χ4v) is 2.17. The summed E-state index contributed by atoms with van der Waals surface area (Å²) in [7, 11) is 0. The highest BCUT2D eigenvalue weighted by molar-refractivity contribution is 5.33. The molecule has 82 valence electrons. The van der Waals surface area contributed by atoms with Crippen LogP contribution in [0.5, 0.6) is 5.75 Å². The van der Waals surface area contributed by atoms with Crippen molar-refractivity contribution in [3.8, 4) is 5.75 Å². The fourth-order valence-electron chi connectivity index (χ4n) is 2.17. The molecule has 0 aromatic heterocycles. The molecule has 0 heterocycles. The molecule has 0 spiro atoms. The van der Waals surface area contributed by atoms with Crippen molar-refractivity contribution in [3.63, 3.8) is 0 Å². The number of rotatable bonds is 3. The summed E-state index contributed by atoms with van der Waals surface area (Å²) in [5, 5.41) is 0. The average Bonchev–Trinajstić information content (AvgIpc) is 2.65. The molecule has 2 N–H and O–H groups in total. The zero-order chi connectivity index (χ0) is 10.7. The molecule has 0 radical (unpaired) electrons. The number of ether oxygens (including phenoxy) is 1. The topological polar surface area (TPSA) is 35.2 Å². The summed E-state index contributed by atoms with van der Waals surface area (Å²) < 4.78 is 5.98. The first kappa shape index (κ1) is 10.5. The maximum absolute atomic E-state index is 5.99. The van der Waals surface area contributed by atoms with E-state index in [1.54, 1.807) is 0 Å². The van der Waals surface area contributed by atoms with E-state index in [0.29, 0.717) is 0 Å². The molecular formula is C13H19NO. The maximum Gasteiger partial charge on any atom is 0.122 e. The van der Waals surface area contributed by atoms with Crippen LogP contribution in [0.3, 0.4) is 0 Å². The molecule has 15 heavy (non-hydrogen) atoms. The van der Waals surface area contributed by atoms with Gasteiger partial charge in [0.05, 0.1) is 0 Å². The van der Waals surface area contributed by atoms with Crippen molar-refractivity contribution in [1.29, 1.82) is 0 Å². The van der Waals surface area contributed by atoms with Gasteiger partial charge in [0, 0.05) is 6.04 Å². The predicted octanol–water partition coefficient (Wildman–Crippen LogP) is 2.51. The molecule has 1 saturated carbocycles. The third-order valence-electron chi connectivity index (χ3n) is 3.14. The second-order valence-electron chi connectivity index (χ2n) is 4.21. The lowest BCUT2D eigenvalue weighted by atomic mass is 10.1. The van der Waals surface area contributed by atoms with Crippen molar-refractivity contribution in [2.24, 2.45) is 5.73 Å². The first-order chi connectivity index (χ1) is 7.31. The number of hydrogen-bond acceptors (Lipinski definition) is 2. The van der Waals surface area contributed by atoms with Crippen LogP contribution in [0.2, 0.25) is 0 Å². The van der Waals surface area contributed by atoms with E-state index < -0.39 is 0 Å². The highest BCUT2D eigenvalue weighted by Crippen LogP contribution is 2.26. The standard InChI is InChI=1S/C13H19NO/c1-2-10-6-3-4-8-12(10)15-13-9-5-7-11(13)14/h3-4,6,8,11,13H,2,5,7,9,14H2,1H3. The summed E-state index contributed by atoms with van der Waals surface area (Å²) in [6.07, 6.45) is 4.62. The summed E-state index contributed by atoms with van der Waals surface area (Å²) in [6.45, 7) is 2.15. The lowest BCUT2D eigenvalue weighted by Crippen LogP contribution is -2.33. The molecular weight excluding hydrogens is 186 g/mol. The molecule has 1 aromatic rings. The van der Waals surface area contributed by atoms with Gasteiger partial charge in [-0.15, -0.1) is 0 Å². The second-order valence-corrected chi connectivity index (χ2v) is 4.21. The molecule has 2 heteroatoms. The van der Waals surface area contributed by atoms with E-state index in [9.17, 15) is 0 Å². The molecule has 2 atom stereocenters. The average molecular weight is 205 g/mol. The summed E-state index contributed by atoms with van der Waals surface area (Å²) in [4.78, 5) is 0. The van der Waals surface area contributed by atoms with Gasteiger partial charge >= 0.3 is 0 Å². The molecule has 0 bridgehead atoms. The van der Waals surface area contributed by atoms with E-state index in [2.05, 4.69) is 19.1 Å². The molecule has 1 aliphatic carbocycles. The summed E-state index contributed by atoms with van der Waals surface area (Å²) in [5.74, 6) is 1.02. The quantitative estimate of drug-likeness (QED) is 0.823. The van der Waals surface area contributed by atoms with Crippen LogP contribution >= 0.6 is 0 Å². The van der Waals surface area contributed by atoms with Crippen molar-refractivity contribution in [1.82, 2.24) is 0 Å².